The Balaban J connectivity index is 1.58. The Morgan fingerprint density at radius 3 is 2.71 bits per heavy atom. The molecule has 1 aromatic heterocycles. The molecule has 0 saturated carbocycles. The summed E-state index contributed by atoms with van der Waals surface area (Å²) in [5.74, 6) is 1.20. The van der Waals surface area contributed by atoms with E-state index in [2.05, 4.69) is 34.1 Å². The van der Waals surface area contributed by atoms with Gasteiger partial charge in [0.1, 0.15) is 5.60 Å². The Hall–Kier alpha value is -1.92. The van der Waals surface area contributed by atoms with Crippen molar-refractivity contribution in [2.24, 2.45) is 0 Å². The predicted octanol–water partition coefficient (Wildman–Crippen LogP) is 2.91. The summed E-state index contributed by atoms with van der Waals surface area (Å²) in [6.07, 6.45) is 1.97. The van der Waals surface area contributed by atoms with Crippen molar-refractivity contribution in [3.63, 3.8) is 0 Å². The van der Waals surface area contributed by atoms with E-state index in [1.54, 1.807) is 0 Å². The monoisotopic (exact) mass is 329 g/mol. The van der Waals surface area contributed by atoms with Crippen molar-refractivity contribution in [1.82, 2.24) is 10.1 Å². The minimum Gasteiger partial charge on any atom is -0.378 e. The van der Waals surface area contributed by atoms with E-state index in [1.165, 1.54) is 11.3 Å². The maximum absolute atomic E-state index is 5.79. The summed E-state index contributed by atoms with van der Waals surface area (Å²) in [6.45, 7) is 8.34. The molecule has 6 nitrogen and oxygen atoms in total. The average molecular weight is 329 g/mol. The molecular weight excluding hydrogens is 306 g/mol. The van der Waals surface area contributed by atoms with Crippen LogP contribution in [0.25, 0.3) is 11.5 Å². The highest BCUT2D eigenvalue weighted by Crippen LogP contribution is 2.35. The summed E-state index contributed by atoms with van der Waals surface area (Å²) in [5, 5.41) is 4.15. The normalized spacial score (nSPS) is 24.5. The van der Waals surface area contributed by atoms with E-state index >= 15 is 0 Å². The van der Waals surface area contributed by atoms with Crippen molar-refractivity contribution >= 4 is 5.69 Å². The van der Waals surface area contributed by atoms with Crippen LogP contribution < -0.4 is 4.90 Å². The first-order valence-corrected chi connectivity index (χ1v) is 8.58. The lowest BCUT2D eigenvalue weighted by molar-refractivity contribution is 0.00768. The van der Waals surface area contributed by atoms with Gasteiger partial charge in [0, 0.05) is 30.9 Å². The van der Waals surface area contributed by atoms with Crippen LogP contribution in [0.3, 0.4) is 0 Å². The lowest BCUT2D eigenvalue weighted by Gasteiger charge is -2.30. The maximum Gasteiger partial charge on any atom is 0.258 e. The van der Waals surface area contributed by atoms with Crippen molar-refractivity contribution in [1.29, 1.82) is 0 Å². The number of hydrogen-bond donors (Lipinski definition) is 0. The molecule has 0 N–H and O–H groups in total. The molecule has 0 amide bonds. The molecule has 0 aliphatic carbocycles. The Labute approximate surface area is 141 Å². The van der Waals surface area contributed by atoms with Gasteiger partial charge in [-0.2, -0.15) is 4.98 Å². The Morgan fingerprint density at radius 1 is 1.17 bits per heavy atom. The first kappa shape index (κ1) is 15.6. The van der Waals surface area contributed by atoms with Crippen LogP contribution in [0.4, 0.5) is 5.69 Å². The summed E-state index contributed by atoms with van der Waals surface area (Å²) < 4.78 is 16.7. The van der Waals surface area contributed by atoms with E-state index in [9.17, 15) is 0 Å². The second kappa shape index (κ2) is 6.18. The topological polar surface area (TPSA) is 60.6 Å². The summed E-state index contributed by atoms with van der Waals surface area (Å²) in [5.41, 5.74) is 2.99. The zero-order valence-electron chi connectivity index (χ0n) is 14.2. The van der Waals surface area contributed by atoms with Gasteiger partial charge in [-0.05, 0) is 50.5 Å². The third kappa shape index (κ3) is 2.80. The maximum atomic E-state index is 5.79. The number of anilines is 1. The van der Waals surface area contributed by atoms with E-state index < -0.39 is 5.60 Å². The van der Waals surface area contributed by atoms with E-state index in [-0.39, 0.29) is 0 Å². The molecule has 128 valence electrons. The molecule has 4 rings (SSSR count). The summed E-state index contributed by atoms with van der Waals surface area (Å²) >= 11 is 0. The molecule has 0 bridgehead atoms. The second-order valence-corrected chi connectivity index (χ2v) is 6.71. The molecule has 3 heterocycles. The van der Waals surface area contributed by atoms with Gasteiger partial charge in [-0.1, -0.05) is 5.16 Å². The molecule has 2 aliphatic heterocycles. The van der Waals surface area contributed by atoms with Crippen LogP contribution in [0, 0.1) is 6.92 Å². The molecule has 2 fully saturated rings. The molecule has 2 saturated heterocycles. The van der Waals surface area contributed by atoms with Crippen molar-refractivity contribution in [3.8, 4) is 11.5 Å². The fraction of sp³-hybridized carbons (Fsp3) is 0.556. The number of nitrogens with zero attached hydrogens (tertiary/aromatic N) is 3. The van der Waals surface area contributed by atoms with E-state index in [0.29, 0.717) is 11.7 Å². The molecule has 2 aliphatic rings. The largest absolute Gasteiger partial charge is 0.378 e. The number of aromatic nitrogens is 2. The van der Waals surface area contributed by atoms with Crippen LogP contribution in [-0.4, -0.2) is 43.1 Å². The van der Waals surface area contributed by atoms with Gasteiger partial charge in [0.25, 0.3) is 5.89 Å². The van der Waals surface area contributed by atoms with Crippen LogP contribution in [0.5, 0.6) is 0 Å². The molecule has 2 aromatic rings. The van der Waals surface area contributed by atoms with Crippen LogP contribution in [0.2, 0.25) is 0 Å². The van der Waals surface area contributed by atoms with Crippen LogP contribution >= 0.6 is 0 Å². The van der Waals surface area contributed by atoms with Crippen molar-refractivity contribution in [2.75, 3.05) is 37.8 Å². The third-order valence-electron chi connectivity index (χ3n) is 4.91. The zero-order valence-corrected chi connectivity index (χ0v) is 14.2. The molecular formula is C18H23N3O3. The molecule has 0 spiro atoms. The van der Waals surface area contributed by atoms with E-state index in [1.807, 2.05) is 13.0 Å². The Bertz CT molecular complexity index is 716. The lowest BCUT2D eigenvalue weighted by Crippen LogP contribution is -2.36. The fourth-order valence-corrected chi connectivity index (χ4v) is 3.46. The highest BCUT2D eigenvalue weighted by Gasteiger charge is 2.36. The molecule has 0 radical (unpaired) electrons. The molecule has 24 heavy (non-hydrogen) atoms. The first-order chi connectivity index (χ1) is 11.7. The average Bonchev–Trinajstić information content (AvgIpc) is 3.26. The number of benzene rings is 1. The van der Waals surface area contributed by atoms with Gasteiger partial charge in [-0.15, -0.1) is 0 Å². The number of hydrogen-bond acceptors (Lipinski definition) is 6. The lowest BCUT2D eigenvalue weighted by atomic mass is 10.0. The summed E-state index contributed by atoms with van der Waals surface area (Å²) in [6, 6.07) is 6.29. The quantitative estimate of drug-likeness (QED) is 0.863. The molecule has 6 heteroatoms. The highest BCUT2D eigenvalue weighted by molar-refractivity contribution is 5.63. The zero-order chi connectivity index (χ0) is 16.6. The first-order valence-electron chi connectivity index (χ1n) is 8.58. The smallest absolute Gasteiger partial charge is 0.258 e. The SMILES string of the molecule is Cc1cc(-c2nc(C3(C)CCCO3)no2)ccc1N1CCOCC1. The van der Waals surface area contributed by atoms with Crippen LogP contribution in [0.1, 0.15) is 31.2 Å². The number of aryl methyl sites for hydroxylation is 1. The number of ether oxygens (including phenoxy) is 2. The van der Waals surface area contributed by atoms with Crippen molar-refractivity contribution in [2.45, 2.75) is 32.3 Å². The Morgan fingerprint density at radius 2 is 2.00 bits per heavy atom. The van der Waals surface area contributed by atoms with Gasteiger partial charge in [-0.3, -0.25) is 0 Å². The highest BCUT2D eigenvalue weighted by atomic mass is 16.5. The standard InChI is InChI=1S/C18H23N3O3/c1-13-12-14(4-5-15(13)21-7-10-22-11-8-21)16-19-17(20-24-16)18(2)6-3-9-23-18/h4-5,12H,3,6-11H2,1-2H3. The molecule has 1 unspecified atom stereocenters. The van der Waals surface area contributed by atoms with Crippen LogP contribution in [0.15, 0.2) is 22.7 Å². The van der Waals surface area contributed by atoms with Gasteiger partial charge >= 0.3 is 0 Å². The number of morpholine rings is 1. The van der Waals surface area contributed by atoms with Gasteiger partial charge in [0.15, 0.2) is 0 Å². The minimum atomic E-state index is -0.412. The van der Waals surface area contributed by atoms with E-state index in [4.69, 9.17) is 14.0 Å². The summed E-state index contributed by atoms with van der Waals surface area (Å²) in [7, 11) is 0. The second-order valence-electron chi connectivity index (χ2n) is 6.71. The van der Waals surface area contributed by atoms with Gasteiger partial charge in [0.2, 0.25) is 5.82 Å². The number of rotatable bonds is 3. The van der Waals surface area contributed by atoms with Gasteiger partial charge in [-0.25, -0.2) is 0 Å². The third-order valence-corrected chi connectivity index (χ3v) is 4.91. The van der Waals surface area contributed by atoms with Crippen LogP contribution in [-0.2, 0) is 15.1 Å². The Kier molecular flexibility index (Phi) is 4.02. The van der Waals surface area contributed by atoms with Crippen molar-refractivity contribution in [3.05, 3.63) is 29.6 Å². The minimum absolute atomic E-state index is 0.412. The fourth-order valence-electron chi connectivity index (χ4n) is 3.46. The molecule has 1 aromatic carbocycles. The predicted molar refractivity (Wildman–Crippen MR) is 90.0 cm³/mol. The van der Waals surface area contributed by atoms with Gasteiger partial charge in [0.05, 0.1) is 13.2 Å². The van der Waals surface area contributed by atoms with Crippen molar-refractivity contribution < 1.29 is 14.0 Å². The summed E-state index contributed by atoms with van der Waals surface area (Å²) in [4.78, 5) is 6.94. The van der Waals surface area contributed by atoms with E-state index in [0.717, 1.165) is 51.3 Å². The molecule has 1 atom stereocenters. The van der Waals surface area contributed by atoms with Gasteiger partial charge < -0.3 is 18.9 Å².